The van der Waals surface area contributed by atoms with E-state index in [1.165, 1.54) is 0 Å². The second kappa shape index (κ2) is 7.22. The molecule has 0 aromatic heterocycles. The number of benzene rings is 1. The fraction of sp³-hybridized carbons (Fsp3) is 0.500. The highest BCUT2D eigenvalue weighted by Crippen LogP contribution is 2.38. The first-order chi connectivity index (χ1) is 10.1. The molecule has 1 amide bonds. The van der Waals surface area contributed by atoms with Crippen molar-refractivity contribution in [3.8, 4) is 0 Å². The predicted molar refractivity (Wildman–Crippen MR) is 77.5 cm³/mol. The number of carbonyl (C=O) groups excluding carboxylic acids is 1. The molecule has 0 spiro atoms. The summed E-state index contributed by atoms with van der Waals surface area (Å²) in [6.07, 6.45) is 1.42. The molecular formula is C16H21NO4. The van der Waals surface area contributed by atoms with E-state index in [9.17, 15) is 9.59 Å². The molecule has 5 nitrogen and oxygen atoms in total. The number of carbonyl (C=O) groups is 2. The van der Waals surface area contributed by atoms with Crippen LogP contribution in [0.4, 0.5) is 0 Å². The van der Waals surface area contributed by atoms with Crippen LogP contribution in [0.3, 0.4) is 0 Å². The molecular weight excluding hydrogens is 270 g/mol. The van der Waals surface area contributed by atoms with E-state index >= 15 is 0 Å². The standard InChI is InChI=1S/C16H21NO4/c1-2-7-21-10-12-6-4-3-5-11(12)9-17-15(18)13-8-14(13)16(19)20/h3-6,13-14H,2,7-10H2,1H3,(H,17,18)(H,19,20)/t13-,14-/m1/s1. The highest BCUT2D eigenvalue weighted by Gasteiger charge is 2.48. The van der Waals surface area contributed by atoms with Crippen molar-refractivity contribution in [2.75, 3.05) is 6.61 Å². The van der Waals surface area contributed by atoms with Gasteiger partial charge in [-0.3, -0.25) is 9.59 Å². The average molecular weight is 291 g/mol. The summed E-state index contributed by atoms with van der Waals surface area (Å²) >= 11 is 0. The summed E-state index contributed by atoms with van der Waals surface area (Å²) in [5, 5.41) is 11.6. The molecule has 2 atom stereocenters. The number of amides is 1. The van der Waals surface area contributed by atoms with Gasteiger partial charge in [0, 0.05) is 13.2 Å². The molecule has 1 aromatic carbocycles. The van der Waals surface area contributed by atoms with E-state index in [1.54, 1.807) is 0 Å². The summed E-state index contributed by atoms with van der Waals surface area (Å²) in [7, 11) is 0. The molecule has 2 rings (SSSR count). The van der Waals surface area contributed by atoms with Crippen molar-refractivity contribution in [3.05, 3.63) is 35.4 Å². The Morgan fingerprint density at radius 2 is 2.00 bits per heavy atom. The van der Waals surface area contributed by atoms with Crippen LogP contribution in [0.1, 0.15) is 30.9 Å². The SMILES string of the molecule is CCCOCc1ccccc1CNC(=O)[C@@H]1C[C@H]1C(=O)O. The van der Waals surface area contributed by atoms with Crippen LogP contribution in [0.25, 0.3) is 0 Å². The summed E-state index contributed by atoms with van der Waals surface area (Å²) in [4.78, 5) is 22.6. The molecule has 114 valence electrons. The third-order valence-electron chi connectivity index (χ3n) is 3.62. The Bertz CT molecular complexity index is 515. The highest BCUT2D eigenvalue weighted by atomic mass is 16.5. The first-order valence-electron chi connectivity index (χ1n) is 7.28. The van der Waals surface area contributed by atoms with Crippen molar-refractivity contribution in [1.82, 2.24) is 5.32 Å². The first-order valence-corrected chi connectivity index (χ1v) is 7.28. The van der Waals surface area contributed by atoms with Crippen molar-refractivity contribution in [1.29, 1.82) is 0 Å². The van der Waals surface area contributed by atoms with Crippen LogP contribution in [-0.2, 0) is 27.5 Å². The molecule has 0 heterocycles. The molecule has 21 heavy (non-hydrogen) atoms. The van der Waals surface area contributed by atoms with E-state index in [1.807, 2.05) is 24.3 Å². The van der Waals surface area contributed by atoms with Gasteiger partial charge < -0.3 is 15.2 Å². The van der Waals surface area contributed by atoms with Crippen molar-refractivity contribution in [2.24, 2.45) is 11.8 Å². The van der Waals surface area contributed by atoms with E-state index in [0.29, 0.717) is 26.2 Å². The van der Waals surface area contributed by atoms with Gasteiger partial charge in [0.2, 0.25) is 5.91 Å². The van der Waals surface area contributed by atoms with Crippen LogP contribution >= 0.6 is 0 Å². The lowest BCUT2D eigenvalue weighted by molar-refractivity contribution is -0.140. The number of ether oxygens (including phenoxy) is 1. The van der Waals surface area contributed by atoms with Gasteiger partial charge in [0.1, 0.15) is 0 Å². The highest BCUT2D eigenvalue weighted by molar-refractivity contribution is 5.89. The third-order valence-corrected chi connectivity index (χ3v) is 3.62. The van der Waals surface area contributed by atoms with Gasteiger partial charge >= 0.3 is 5.97 Å². The summed E-state index contributed by atoms with van der Waals surface area (Å²) in [6.45, 7) is 3.71. The summed E-state index contributed by atoms with van der Waals surface area (Å²) in [6, 6.07) is 7.79. The van der Waals surface area contributed by atoms with E-state index in [-0.39, 0.29) is 11.8 Å². The van der Waals surface area contributed by atoms with E-state index < -0.39 is 11.9 Å². The van der Waals surface area contributed by atoms with Crippen LogP contribution in [0, 0.1) is 11.8 Å². The summed E-state index contributed by atoms with van der Waals surface area (Å²) < 4.78 is 5.53. The zero-order valence-electron chi connectivity index (χ0n) is 12.2. The minimum atomic E-state index is -0.886. The molecule has 0 bridgehead atoms. The zero-order chi connectivity index (χ0) is 15.2. The predicted octanol–water partition coefficient (Wildman–Crippen LogP) is 1.95. The Morgan fingerprint density at radius 3 is 2.62 bits per heavy atom. The molecule has 1 aliphatic carbocycles. The smallest absolute Gasteiger partial charge is 0.307 e. The van der Waals surface area contributed by atoms with Crippen LogP contribution < -0.4 is 5.32 Å². The van der Waals surface area contributed by atoms with E-state index in [2.05, 4.69) is 12.2 Å². The molecule has 0 radical (unpaired) electrons. The molecule has 1 saturated carbocycles. The van der Waals surface area contributed by atoms with Gasteiger partial charge in [0.15, 0.2) is 0 Å². The van der Waals surface area contributed by atoms with Gasteiger partial charge in [-0.15, -0.1) is 0 Å². The van der Waals surface area contributed by atoms with Crippen molar-refractivity contribution < 1.29 is 19.4 Å². The maximum Gasteiger partial charge on any atom is 0.307 e. The molecule has 5 heteroatoms. The van der Waals surface area contributed by atoms with Gasteiger partial charge in [0.25, 0.3) is 0 Å². The summed E-state index contributed by atoms with van der Waals surface area (Å²) in [5.74, 6) is -1.94. The monoisotopic (exact) mass is 291 g/mol. The van der Waals surface area contributed by atoms with Gasteiger partial charge in [-0.25, -0.2) is 0 Å². The number of rotatable bonds is 8. The number of carboxylic acids is 1. The maximum absolute atomic E-state index is 11.9. The van der Waals surface area contributed by atoms with E-state index in [4.69, 9.17) is 9.84 Å². The van der Waals surface area contributed by atoms with Gasteiger partial charge in [0.05, 0.1) is 18.4 Å². The number of hydrogen-bond acceptors (Lipinski definition) is 3. The number of nitrogens with one attached hydrogen (secondary N) is 1. The lowest BCUT2D eigenvalue weighted by atomic mass is 10.1. The Labute approximate surface area is 124 Å². The Kier molecular flexibility index (Phi) is 5.33. The zero-order valence-corrected chi connectivity index (χ0v) is 12.2. The fourth-order valence-electron chi connectivity index (χ4n) is 2.27. The minimum absolute atomic E-state index is 0.174. The second-order valence-corrected chi connectivity index (χ2v) is 5.33. The van der Waals surface area contributed by atoms with Gasteiger partial charge in [-0.05, 0) is 24.0 Å². The third kappa shape index (κ3) is 4.29. The number of carboxylic acid groups (broad SMARTS) is 1. The lowest BCUT2D eigenvalue weighted by Gasteiger charge is -2.11. The second-order valence-electron chi connectivity index (χ2n) is 5.33. The Morgan fingerprint density at radius 1 is 1.29 bits per heavy atom. The Balaban J connectivity index is 1.85. The Hall–Kier alpha value is -1.88. The number of hydrogen-bond donors (Lipinski definition) is 2. The largest absolute Gasteiger partial charge is 0.481 e. The molecule has 1 aromatic rings. The minimum Gasteiger partial charge on any atom is -0.481 e. The summed E-state index contributed by atoms with van der Waals surface area (Å²) in [5.41, 5.74) is 2.06. The normalized spacial score (nSPS) is 20.0. The molecule has 0 saturated heterocycles. The topological polar surface area (TPSA) is 75.6 Å². The van der Waals surface area contributed by atoms with Crippen molar-refractivity contribution in [2.45, 2.75) is 32.9 Å². The van der Waals surface area contributed by atoms with Crippen LogP contribution in [0.2, 0.25) is 0 Å². The first kappa shape index (κ1) is 15.5. The van der Waals surface area contributed by atoms with Crippen LogP contribution in [0.15, 0.2) is 24.3 Å². The molecule has 2 N–H and O–H groups in total. The average Bonchev–Trinajstić information content (AvgIpc) is 3.27. The van der Waals surface area contributed by atoms with Crippen LogP contribution in [0.5, 0.6) is 0 Å². The molecule has 0 aliphatic heterocycles. The van der Waals surface area contributed by atoms with E-state index in [0.717, 1.165) is 17.5 Å². The number of aliphatic carboxylic acids is 1. The molecule has 1 fully saturated rings. The molecule has 1 aliphatic rings. The van der Waals surface area contributed by atoms with Crippen LogP contribution in [-0.4, -0.2) is 23.6 Å². The van der Waals surface area contributed by atoms with Crippen molar-refractivity contribution >= 4 is 11.9 Å². The van der Waals surface area contributed by atoms with Gasteiger partial charge in [-0.1, -0.05) is 31.2 Å². The van der Waals surface area contributed by atoms with Crippen molar-refractivity contribution in [3.63, 3.8) is 0 Å². The molecule has 0 unspecified atom stereocenters. The fourth-order valence-corrected chi connectivity index (χ4v) is 2.27. The quantitative estimate of drug-likeness (QED) is 0.718. The van der Waals surface area contributed by atoms with Gasteiger partial charge in [-0.2, -0.15) is 0 Å². The maximum atomic E-state index is 11.9. The lowest BCUT2D eigenvalue weighted by Crippen LogP contribution is -2.26.